The van der Waals surface area contributed by atoms with E-state index in [1.807, 2.05) is 26.0 Å². The lowest BCUT2D eigenvalue weighted by atomic mass is 10.0. The molecule has 0 saturated carbocycles. The Morgan fingerprint density at radius 1 is 1.30 bits per heavy atom. The van der Waals surface area contributed by atoms with E-state index in [1.165, 1.54) is 4.57 Å². The molecule has 5 heteroatoms. The Bertz CT molecular complexity index is 760. The number of rotatable bonds is 1. The molecule has 0 fully saturated rings. The van der Waals surface area contributed by atoms with Crippen molar-refractivity contribution in [2.24, 2.45) is 0 Å². The standard InChI is InChI=1S/C15H15N3O2/c1-15(2)9-11(13-12(20-15)6-3-7-17-13)18-8-4-5-10(16)14(18)19/h3-9H,16H2,1-2H3. The van der Waals surface area contributed by atoms with Gasteiger partial charge in [0.2, 0.25) is 0 Å². The molecular formula is C15H15N3O2. The molecule has 102 valence electrons. The molecule has 0 amide bonds. The Morgan fingerprint density at radius 2 is 2.10 bits per heavy atom. The minimum Gasteiger partial charge on any atom is -0.481 e. The number of hydrogen-bond acceptors (Lipinski definition) is 4. The molecule has 0 aliphatic carbocycles. The zero-order valence-electron chi connectivity index (χ0n) is 11.3. The Balaban J connectivity index is 2.28. The lowest BCUT2D eigenvalue weighted by molar-refractivity contribution is 0.156. The summed E-state index contributed by atoms with van der Waals surface area (Å²) >= 11 is 0. The normalized spacial score (nSPS) is 16.0. The fraction of sp³-hybridized carbons (Fsp3) is 0.200. The number of hydrogen-bond donors (Lipinski definition) is 1. The van der Waals surface area contributed by atoms with E-state index in [1.54, 1.807) is 30.6 Å². The van der Waals surface area contributed by atoms with Crippen molar-refractivity contribution < 1.29 is 4.74 Å². The van der Waals surface area contributed by atoms with Crippen LogP contribution in [0.4, 0.5) is 5.69 Å². The third kappa shape index (κ3) is 1.97. The summed E-state index contributed by atoms with van der Waals surface area (Å²) in [6.07, 6.45) is 5.24. The van der Waals surface area contributed by atoms with E-state index in [0.717, 1.165) is 0 Å². The van der Waals surface area contributed by atoms with Crippen LogP contribution in [0.3, 0.4) is 0 Å². The van der Waals surface area contributed by atoms with Gasteiger partial charge in [0.1, 0.15) is 17.0 Å². The van der Waals surface area contributed by atoms with Crippen molar-refractivity contribution in [1.29, 1.82) is 0 Å². The van der Waals surface area contributed by atoms with Crippen LogP contribution in [-0.4, -0.2) is 15.2 Å². The Hall–Kier alpha value is -2.56. The van der Waals surface area contributed by atoms with E-state index in [2.05, 4.69) is 4.98 Å². The van der Waals surface area contributed by atoms with Gasteiger partial charge >= 0.3 is 0 Å². The van der Waals surface area contributed by atoms with Crippen molar-refractivity contribution in [2.45, 2.75) is 19.4 Å². The van der Waals surface area contributed by atoms with Gasteiger partial charge in [-0.3, -0.25) is 14.3 Å². The van der Waals surface area contributed by atoms with Gasteiger partial charge in [-0.05, 0) is 44.2 Å². The average Bonchev–Trinajstić information content (AvgIpc) is 2.40. The van der Waals surface area contributed by atoms with Crippen molar-refractivity contribution in [1.82, 2.24) is 9.55 Å². The van der Waals surface area contributed by atoms with E-state index in [0.29, 0.717) is 17.1 Å². The van der Waals surface area contributed by atoms with Gasteiger partial charge in [-0.15, -0.1) is 0 Å². The van der Waals surface area contributed by atoms with Crippen LogP contribution in [0.25, 0.3) is 5.70 Å². The molecular weight excluding hydrogens is 254 g/mol. The summed E-state index contributed by atoms with van der Waals surface area (Å²) in [6.45, 7) is 3.86. The molecule has 0 spiro atoms. The summed E-state index contributed by atoms with van der Waals surface area (Å²) in [5.41, 5.74) is 6.46. The van der Waals surface area contributed by atoms with E-state index in [9.17, 15) is 4.79 Å². The summed E-state index contributed by atoms with van der Waals surface area (Å²) in [6, 6.07) is 6.97. The zero-order chi connectivity index (χ0) is 14.3. The molecule has 5 nitrogen and oxygen atoms in total. The molecule has 3 rings (SSSR count). The number of nitrogen functional groups attached to an aromatic ring is 1. The second-order valence-electron chi connectivity index (χ2n) is 5.22. The highest BCUT2D eigenvalue weighted by Gasteiger charge is 2.28. The predicted molar refractivity (Wildman–Crippen MR) is 77.4 cm³/mol. The zero-order valence-corrected chi connectivity index (χ0v) is 11.3. The molecule has 0 aromatic carbocycles. The summed E-state index contributed by atoms with van der Waals surface area (Å²) < 4.78 is 7.36. The van der Waals surface area contributed by atoms with E-state index in [4.69, 9.17) is 10.5 Å². The highest BCUT2D eigenvalue weighted by atomic mass is 16.5. The maximum absolute atomic E-state index is 12.2. The first-order valence-electron chi connectivity index (χ1n) is 6.33. The van der Waals surface area contributed by atoms with Gasteiger partial charge < -0.3 is 10.5 Å². The molecule has 0 bridgehead atoms. The second kappa shape index (κ2) is 4.23. The minimum absolute atomic E-state index is 0.204. The molecule has 2 aromatic heterocycles. The third-order valence-corrected chi connectivity index (χ3v) is 3.11. The fourth-order valence-corrected chi connectivity index (χ4v) is 2.26. The smallest absolute Gasteiger partial charge is 0.278 e. The van der Waals surface area contributed by atoms with E-state index >= 15 is 0 Å². The van der Waals surface area contributed by atoms with Crippen LogP contribution in [0.5, 0.6) is 5.75 Å². The Kier molecular flexibility index (Phi) is 2.64. The highest BCUT2D eigenvalue weighted by Crippen LogP contribution is 2.34. The summed E-state index contributed by atoms with van der Waals surface area (Å²) in [7, 11) is 0. The number of nitrogens with two attached hydrogens (primary N) is 1. The van der Waals surface area contributed by atoms with Crippen molar-refractivity contribution in [3.63, 3.8) is 0 Å². The van der Waals surface area contributed by atoms with Gasteiger partial charge in [0, 0.05) is 12.4 Å². The van der Waals surface area contributed by atoms with E-state index < -0.39 is 5.60 Å². The van der Waals surface area contributed by atoms with Crippen molar-refractivity contribution in [2.75, 3.05) is 5.73 Å². The number of fused-ring (bicyclic) bond motifs is 1. The van der Waals surface area contributed by atoms with Gasteiger partial charge in [0.15, 0.2) is 0 Å². The molecule has 0 saturated heterocycles. The second-order valence-corrected chi connectivity index (χ2v) is 5.22. The van der Waals surface area contributed by atoms with Crippen molar-refractivity contribution in [3.05, 3.63) is 58.8 Å². The lowest BCUT2D eigenvalue weighted by Gasteiger charge is -2.30. The highest BCUT2D eigenvalue weighted by molar-refractivity contribution is 5.71. The van der Waals surface area contributed by atoms with Crippen LogP contribution in [-0.2, 0) is 0 Å². The summed E-state index contributed by atoms with van der Waals surface area (Å²) in [5.74, 6) is 0.657. The van der Waals surface area contributed by atoms with Gasteiger partial charge in [-0.2, -0.15) is 0 Å². The summed E-state index contributed by atoms with van der Waals surface area (Å²) in [5, 5.41) is 0. The van der Waals surface area contributed by atoms with Crippen LogP contribution in [0, 0.1) is 0 Å². The van der Waals surface area contributed by atoms with Crippen molar-refractivity contribution in [3.8, 4) is 5.75 Å². The fourth-order valence-electron chi connectivity index (χ4n) is 2.26. The number of pyridine rings is 2. The molecule has 1 aliphatic heterocycles. The average molecular weight is 269 g/mol. The largest absolute Gasteiger partial charge is 0.481 e. The summed E-state index contributed by atoms with van der Waals surface area (Å²) in [4.78, 5) is 16.5. The number of nitrogens with zero attached hydrogens (tertiary/aromatic N) is 2. The first-order valence-corrected chi connectivity index (χ1v) is 6.33. The van der Waals surface area contributed by atoms with Gasteiger partial charge in [-0.1, -0.05) is 0 Å². The molecule has 1 aliphatic rings. The molecule has 0 atom stereocenters. The molecule has 20 heavy (non-hydrogen) atoms. The molecule has 2 N–H and O–H groups in total. The van der Waals surface area contributed by atoms with Crippen LogP contribution >= 0.6 is 0 Å². The quantitative estimate of drug-likeness (QED) is 0.858. The Morgan fingerprint density at radius 3 is 2.90 bits per heavy atom. The van der Waals surface area contributed by atoms with Gasteiger partial charge in [-0.25, -0.2) is 0 Å². The molecule has 0 unspecified atom stereocenters. The first-order chi connectivity index (χ1) is 9.48. The molecule has 2 aromatic rings. The monoisotopic (exact) mass is 269 g/mol. The number of anilines is 1. The van der Waals surface area contributed by atoms with Gasteiger partial charge in [0.25, 0.3) is 5.56 Å². The lowest BCUT2D eigenvalue weighted by Crippen LogP contribution is -2.33. The predicted octanol–water partition coefficient (Wildman–Crippen LogP) is 1.89. The SMILES string of the molecule is CC1(C)C=C(n2cccc(N)c2=O)c2ncccc2O1. The first kappa shape index (κ1) is 12.5. The number of ether oxygens (including phenoxy) is 1. The van der Waals surface area contributed by atoms with E-state index in [-0.39, 0.29) is 11.2 Å². The maximum Gasteiger partial charge on any atom is 0.278 e. The van der Waals surface area contributed by atoms with Crippen LogP contribution < -0.4 is 16.0 Å². The topological polar surface area (TPSA) is 70.1 Å². The minimum atomic E-state index is -0.518. The van der Waals surface area contributed by atoms with Crippen LogP contribution in [0.15, 0.2) is 47.5 Å². The van der Waals surface area contributed by atoms with Crippen LogP contribution in [0.1, 0.15) is 19.5 Å². The third-order valence-electron chi connectivity index (χ3n) is 3.11. The molecule has 3 heterocycles. The maximum atomic E-state index is 12.2. The number of aromatic nitrogens is 2. The molecule has 0 radical (unpaired) electrons. The van der Waals surface area contributed by atoms with Crippen LogP contribution in [0.2, 0.25) is 0 Å². The van der Waals surface area contributed by atoms with Crippen molar-refractivity contribution >= 4 is 11.4 Å². The van der Waals surface area contributed by atoms with Gasteiger partial charge in [0.05, 0.1) is 11.4 Å². The Labute approximate surface area is 116 Å².